The van der Waals surface area contributed by atoms with Crippen LogP contribution in [0.3, 0.4) is 0 Å². The molecule has 0 atom stereocenters. The molecule has 4 heteroatoms. The van der Waals surface area contributed by atoms with Gasteiger partial charge in [0.2, 0.25) is 0 Å². The van der Waals surface area contributed by atoms with Crippen LogP contribution in [-0.2, 0) is 0 Å². The van der Waals surface area contributed by atoms with E-state index in [-0.39, 0.29) is 0 Å². The van der Waals surface area contributed by atoms with Crippen LogP contribution in [0.4, 0.5) is 0 Å². The lowest BCUT2D eigenvalue weighted by Crippen LogP contribution is -2.08. The van der Waals surface area contributed by atoms with E-state index in [9.17, 15) is 0 Å². The van der Waals surface area contributed by atoms with Crippen molar-refractivity contribution in [3.8, 4) is 6.07 Å². The second-order valence-corrected chi connectivity index (χ2v) is 1.53. The third-order valence-electron chi connectivity index (χ3n) is 0.751. The van der Waals surface area contributed by atoms with E-state index in [2.05, 4.69) is 0 Å². The predicted molar refractivity (Wildman–Crippen MR) is 29.8 cm³/mol. The van der Waals surface area contributed by atoms with Gasteiger partial charge in [-0.3, -0.25) is 0 Å². The van der Waals surface area contributed by atoms with Gasteiger partial charge in [-0.2, -0.15) is 5.26 Å². The first-order valence-corrected chi connectivity index (χ1v) is 2.50. The zero-order chi connectivity index (χ0) is 6.41. The van der Waals surface area contributed by atoms with E-state index in [4.69, 9.17) is 15.3 Å². The van der Waals surface area contributed by atoms with Crippen molar-refractivity contribution in [1.29, 1.82) is 5.26 Å². The third-order valence-corrected chi connectivity index (χ3v) is 0.751. The standard InChI is InChI=1S/C4H8BNO2/c6-4-2-1-3-5(7)8/h7-8H,1-3H2. The minimum Gasteiger partial charge on any atom is -0.427 e. The SMILES string of the molecule is N#CCCCB(O)O. The molecule has 0 amide bonds. The van der Waals surface area contributed by atoms with E-state index in [1.165, 1.54) is 0 Å². The van der Waals surface area contributed by atoms with Crippen LogP contribution in [0.2, 0.25) is 6.32 Å². The van der Waals surface area contributed by atoms with Crippen molar-refractivity contribution in [2.24, 2.45) is 0 Å². The Bertz CT molecular complexity index is 88.5. The Kier molecular flexibility index (Phi) is 4.33. The van der Waals surface area contributed by atoms with Crippen LogP contribution in [0.15, 0.2) is 0 Å². The first kappa shape index (κ1) is 7.47. The highest BCUT2D eigenvalue weighted by atomic mass is 16.4. The van der Waals surface area contributed by atoms with Crippen molar-refractivity contribution in [2.75, 3.05) is 0 Å². The molecule has 44 valence electrons. The smallest absolute Gasteiger partial charge is 0.427 e. The summed E-state index contributed by atoms with van der Waals surface area (Å²) in [7, 11) is -1.25. The quantitative estimate of drug-likeness (QED) is 0.392. The van der Waals surface area contributed by atoms with Crippen LogP contribution >= 0.6 is 0 Å². The molecule has 0 unspecified atom stereocenters. The van der Waals surface area contributed by atoms with Crippen LogP contribution in [0.1, 0.15) is 12.8 Å². The normalized spacial score (nSPS) is 8.12. The summed E-state index contributed by atoms with van der Waals surface area (Å²) >= 11 is 0. The zero-order valence-corrected chi connectivity index (χ0v) is 4.54. The van der Waals surface area contributed by atoms with Crippen LogP contribution in [0.5, 0.6) is 0 Å². The number of nitriles is 1. The van der Waals surface area contributed by atoms with Gasteiger partial charge in [0.05, 0.1) is 6.07 Å². The lowest BCUT2D eigenvalue weighted by atomic mass is 9.84. The zero-order valence-electron chi connectivity index (χ0n) is 4.54. The van der Waals surface area contributed by atoms with Gasteiger partial charge in [0, 0.05) is 6.42 Å². The number of rotatable bonds is 3. The van der Waals surface area contributed by atoms with Gasteiger partial charge < -0.3 is 10.0 Å². The second-order valence-electron chi connectivity index (χ2n) is 1.53. The molecule has 0 aromatic carbocycles. The Morgan fingerprint density at radius 3 is 2.50 bits per heavy atom. The topological polar surface area (TPSA) is 64.2 Å². The van der Waals surface area contributed by atoms with E-state index in [1.807, 2.05) is 6.07 Å². The van der Waals surface area contributed by atoms with Crippen molar-refractivity contribution in [1.82, 2.24) is 0 Å². The van der Waals surface area contributed by atoms with Crippen molar-refractivity contribution in [3.05, 3.63) is 0 Å². The van der Waals surface area contributed by atoms with E-state index in [1.54, 1.807) is 0 Å². The number of unbranched alkanes of at least 4 members (excludes halogenated alkanes) is 1. The molecule has 0 aromatic rings. The molecule has 8 heavy (non-hydrogen) atoms. The van der Waals surface area contributed by atoms with Gasteiger partial charge in [-0.15, -0.1) is 0 Å². The molecule has 0 fully saturated rings. The summed E-state index contributed by atoms with van der Waals surface area (Å²) in [4.78, 5) is 0. The van der Waals surface area contributed by atoms with Crippen molar-refractivity contribution < 1.29 is 10.0 Å². The van der Waals surface area contributed by atoms with Gasteiger partial charge in [0.1, 0.15) is 0 Å². The van der Waals surface area contributed by atoms with Crippen molar-refractivity contribution in [3.63, 3.8) is 0 Å². The Morgan fingerprint density at radius 2 is 2.12 bits per heavy atom. The molecule has 0 radical (unpaired) electrons. The Balaban J connectivity index is 2.85. The summed E-state index contributed by atoms with van der Waals surface area (Å²) in [5.74, 6) is 0. The Labute approximate surface area is 48.7 Å². The fourth-order valence-electron chi connectivity index (χ4n) is 0.364. The summed E-state index contributed by atoms with van der Waals surface area (Å²) in [6.07, 6.45) is 1.26. The van der Waals surface area contributed by atoms with E-state index in [0.717, 1.165) is 0 Å². The van der Waals surface area contributed by atoms with Crippen molar-refractivity contribution in [2.45, 2.75) is 19.2 Å². The minimum absolute atomic E-state index is 0.299. The molecule has 0 aliphatic carbocycles. The molecule has 0 rings (SSSR count). The molecular weight excluding hydrogens is 105 g/mol. The van der Waals surface area contributed by atoms with Crippen LogP contribution in [0.25, 0.3) is 0 Å². The molecule has 0 aromatic heterocycles. The Morgan fingerprint density at radius 1 is 1.50 bits per heavy atom. The molecule has 2 N–H and O–H groups in total. The fraction of sp³-hybridized carbons (Fsp3) is 0.750. The molecule has 0 heterocycles. The lowest BCUT2D eigenvalue weighted by Gasteiger charge is -1.90. The van der Waals surface area contributed by atoms with E-state index >= 15 is 0 Å². The number of hydrogen-bond donors (Lipinski definition) is 2. The monoisotopic (exact) mass is 113 g/mol. The average molecular weight is 113 g/mol. The molecule has 0 saturated heterocycles. The van der Waals surface area contributed by atoms with Gasteiger partial charge >= 0.3 is 7.12 Å². The molecule has 0 bridgehead atoms. The van der Waals surface area contributed by atoms with Crippen LogP contribution < -0.4 is 0 Å². The van der Waals surface area contributed by atoms with Gasteiger partial charge in [0.25, 0.3) is 0 Å². The van der Waals surface area contributed by atoms with Gasteiger partial charge in [-0.05, 0) is 12.7 Å². The van der Waals surface area contributed by atoms with E-state index in [0.29, 0.717) is 19.2 Å². The van der Waals surface area contributed by atoms with Crippen LogP contribution in [-0.4, -0.2) is 17.2 Å². The molecule has 0 aliphatic rings. The summed E-state index contributed by atoms with van der Waals surface area (Å²) < 4.78 is 0. The maximum Gasteiger partial charge on any atom is 0.451 e. The predicted octanol–water partition coefficient (Wildman–Crippen LogP) is -0.237. The fourth-order valence-corrected chi connectivity index (χ4v) is 0.364. The average Bonchev–Trinajstić information content (AvgIpc) is 1.66. The molecule has 0 spiro atoms. The molecule has 0 saturated carbocycles. The first-order valence-electron chi connectivity index (χ1n) is 2.50. The lowest BCUT2D eigenvalue weighted by molar-refractivity contribution is 0.403. The summed E-state index contributed by atoms with van der Waals surface area (Å²) in [6, 6.07) is 1.90. The maximum atomic E-state index is 8.23. The minimum atomic E-state index is -1.25. The number of nitrogens with zero attached hydrogens (tertiary/aromatic N) is 1. The van der Waals surface area contributed by atoms with Crippen LogP contribution in [0, 0.1) is 11.3 Å². The second kappa shape index (κ2) is 4.63. The summed E-state index contributed by atoms with van der Waals surface area (Å²) in [5, 5.41) is 24.4. The number of hydrogen-bond acceptors (Lipinski definition) is 3. The highest BCUT2D eigenvalue weighted by molar-refractivity contribution is 6.40. The molecule has 0 aliphatic heterocycles. The maximum absolute atomic E-state index is 8.23. The van der Waals surface area contributed by atoms with E-state index < -0.39 is 7.12 Å². The molecular formula is C4H8BNO2. The first-order chi connectivity index (χ1) is 3.77. The van der Waals surface area contributed by atoms with Gasteiger partial charge in [-0.25, -0.2) is 0 Å². The summed E-state index contributed by atoms with van der Waals surface area (Å²) in [6.45, 7) is 0. The Hall–Kier alpha value is -0.525. The van der Waals surface area contributed by atoms with Gasteiger partial charge in [0.15, 0.2) is 0 Å². The largest absolute Gasteiger partial charge is 0.451 e. The third kappa shape index (κ3) is 5.47. The summed E-state index contributed by atoms with van der Waals surface area (Å²) in [5.41, 5.74) is 0. The highest BCUT2D eigenvalue weighted by Crippen LogP contribution is 1.94. The highest BCUT2D eigenvalue weighted by Gasteiger charge is 2.03. The van der Waals surface area contributed by atoms with Crippen molar-refractivity contribution >= 4 is 7.12 Å². The van der Waals surface area contributed by atoms with Gasteiger partial charge in [-0.1, -0.05) is 0 Å². The molecule has 3 nitrogen and oxygen atoms in total.